The van der Waals surface area contributed by atoms with Crippen molar-refractivity contribution in [2.75, 3.05) is 13.1 Å². The number of unbranched alkanes of at least 4 members (excludes halogenated alkanes) is 1. The van der Waals surface area contributed by atoms with Gasteiger partial charge in [-0.15, -0.1) is 17.9 Å². The van der Waals surface area contributed by atoms with E-state index in [1.807, 2.05) is 27.7 Å². The Bertz CT molecular complexity index is 1670. The van der Waals surface area contributed by atoms with E-state index in [2.05, 4.69) is 31.1 Å². The number of thiophene rings is 1. The zero-order valence-electron chi connectivity index (χ0n) is 32.4. The normalized spacial score (nSPS) is 25.1. The maximum Gasteiger partial charge on any atom is 0.315 e. The zero-order chi connectivity index (χ0) is 38.9. The van der Waals surface area contributed by atoms with Gasteiger partial charge in [0.2, 0.25) is 21.7 Å². The van der Waals surface area contributed by atoms with Gasteiger partial charge in [0.1, 0.15) is 6.04 Å². The van der Waals surface area contributed by atoms with E-state index in [0.717, 1.165) is 43.4 Å². The topological polar surface area (TPSA) is 150 Å². The molecule has 1 unspecified atom stereocenters. The van der Waals surface area contributed by atoms with Gasteiger partial charge >= 0.3 is 6.03 Å². The standard InChI is InChI=1S/C40H60N4O7S2/c1-8-10-15-26(36(47)28(45)18-11-9-2)21-29(46)35-33-27(40(33,6)7)22-44(35)37(48)34(25-16-13-12-14-17-25)42-38(49)41-32(39(3,4)5)24-43-23-30-31(19-20-52-30)53(43,50)51/h9,19-20,25-27,32-35H,2,8,10-18,21-24H2,1,3-7H3,(H2,41,42,49)/t26?,27-,32+,33-,34-,35+/m0/s1. The first-order chi connectivity index (χ1) is 24.9. The first-order valence-corrected chi connectivity index (χ1v) is 21.9. The zero-order valence-corrected chi connectivity index (χ0v) is 34.1. The lowest BCUT2D eigenvalue weighted by Crippen LogP contribution is -2.60. The summed E-state index contributed by atoms with van der Waals surface area (Å²) in [6.07, 6.45) is 8.39. The number of hydrogen-bond donors (Lipinski definition) is 2. The molecule has 53 heavy (non-hydrogen) atoms. The predicted octanol–water partition coefficient (Wildman–Crippen LogP) is 6.27. The van der Waals surface area contributed by atoms with Crippen molar-refractivity contribution in [2.24, 2.45) is 34.5 Å². The molecule has 4 aliphatic rings. The minimum atomic E-state index is -3.68. The highest BCUT2D eigenvalue weighted by atomic mass is 32.2. The molecule has 294 valence electrons. The summed E-state index contributed by atoms with van der Waals surface area (Å²) in [7, 11) is -3.68. The Hall–Kier alpha value is -2.90. The molecule has 1 aromatic heterocycles. The number of nitrogens with one attached hydrogen (secondary N) is 2. The van der Waals surface area contributed by atoms with E-state index in [-0.39, 0.29) is 60.8 Å². The van der Waals surface area contributed by atoms with Crippen LogP contribution in [0.15, 0.2) is 29.0 Å². The molecule has 0 radical (unpaired) electrons. The van der Waals surface area contributed by atoms with Crippen molar-refractivity contribution in [2.45, 2.75) is 142 Å². The maximum absolute atomic E-state index is 14.7. The van der Waals surface area contributed by atoms with Crippen LogP contribution in [-0.2, 0) is 35.7 Å². The number of likely N-dealkylation sites (tertiary alicyclic amines) is 1. The van der Waals surface area contributed by atoms with Crippen LogP contribution in [0.1, 0.15) is 117 Å². The van der Waals surface area contributed by atoms with Gasteiger partial charge in [0, 0.05) is 49.3 Å². The van der Waals surface area contributed by atoms with Crippen LogP contribution in [-0.4, -0.2) is 78.1 Å². The lowest BCUT2D eigenvalue weighted by molar-refractivity contribution is -0.144. The molecule has 2 N–H and O–H groups in total. The smallest absolute Gasteiger partial charge is 0.315 e. The number of piperidine rings is 1. The van der Waals surface area contributed by atoms with Gasteiger partial charge in [-0.2, -0.15) is 4.31 Å². The van der Waals surface area contributed by atoms with Crippen LogP contribution in [0.3, 0.4) is 0 Å². The summed E-state index contributed by atoms with van der Waals surface area (Å²) in [4.78, 5) is 71.9. The number of nitrogens with zero attached hydrogens (tertiary/aromatic N) is 2. The van der Waals surface area contributed by atoms with Crippen LogP contribution in [0, 0.1) is 34.5 Å². The highest BCUT2D eigenvalue weighted by molar-refractivity contribution is 7.89. The first-order valence-electron chi connectivity index (χ1n) is 19.6. The predicted molar refractivity (Wildman–Crippen MR) is 206 cm³/mol. The largest absolute Gasteiger partial charge is 0.334 e. The number of urea groups is 1. The minimum Gasteiger partial charge on any atom is -0.334 e. The van der Waals surface area contributed by atoms with Crippen molar-refractivity contribution in [1.82, 2.24) is 19.8 Å². The molecule has 0 spiro atoms. The fraction of sp³-hybridized carbons (Fsp3) is 0.725. The van der Waals surface area contributed by atoms with Crippen molar-refractivity contribution in [3.8, 4) is 0 Å². The Kier molecular flexibility index (Phi) is 12.8. The second kappa shape index (κ2) is 16.5. The van der Waals surface area contributed by atoms with E-state index < -0.39 is 57.1 Å². The van der Waals surface area contributed by atoms with Crippen LogP contribution < -0.4 is 10.6 Å². The molecule has 2 aliphatic carbocycles. The molecule has 0 aromatic carbocycles. The molecule has 3 fully saturated rings. The van der Waals surface area contributed by atoms with E-state index in [0.29, 0.717) is 30.7 Å². The van der Waals surface area contributed by atoms with E-state index >= 15 is 0 Å². The van der Waals surface area contributed by atoms with Crippen molar-refractivity contribution in [3.05, 3.63) is 29.0 Å². The van der Waals surface area contributed by atoms with Crippen LogP contribution >= 0.6 is 11.3 Å². The van der Waals surface area contributed by atoms with Crippen molar-refractivity contribution < 1.29 is 32.4 Å². The van der Waals surface area contributed by atoms with E-state index in [4.69, 9.17) is 0 Å². The monoisotopic (exact) mass is 772 g/mol. The third-order valence-electron chi connectivity index (χ3n) is 12.4. The number of hydrogen-bond acceptors (Lipinski definition) is 8. The van der Waals surface area contributed by atoms with Crippen molar-refractivity contribution in [3.63, 3.8) is 0 Å². The molecule has 0 bridgehead atoms. The molecule has 1 saturated heterocycles. The van der Waals surface area contributed by atoms with Gasteiger partial charge < -0.3 is 15.5 Å². The maximum atomic E-state index is 14.7. The highest BCUT2D eigenvalue weighted by Crippen LogP contribution is 2.65. The van der Waals surface area contributed by atoms with Crippen molar-refractivity contribution >= 4 is 50.6 Å². The third-order valence-corrected chi connectivity index (χ3v) is 15.4. The number of allylic oxidation sites excluding steroid dienone is 1. The van der Waals surface area contributed by atoms with E-state index in [1.54, 1.807) is 22.4 Å². The van der Waals surface area contributed by atoms with Gasteiger partial charge in [-0.05, 0) is 65.7 Å². The number of carbonyl (C=O) groups excluding carboxylic acids is 5. The molecular formula is C40H60N4O7S2. The fourth-order valence-corrected chi connectivity index (χ4v) is 11.9. The van der Waals surface area contributed by atoms with Gasteiger partial charge in [0.05, 0.1) is 10.9 Å². The number of amides is 3. The second-order valence-electron chi connectivity index (χ2n) is 17.4. The third kappa shape index (κ3) is 8.82. The number of ketones is 3. The Balaban J connectivity index is 1.35. The quantitative estimate of drug-likeness (QED) is 0.140. The van der Waals surface area contributed by atoms with Gasteiger partial charge in [-0.25, -0.2) is 13.2 Å². The van der Waals surface area contributed by atoms with Crippen LogP contribution in [0.4, 0.5) is 4.79 Å². The van der Waals surface area contributed by atoms with E-state index in [1.165, 1.54) is 15.6 Å². The summed E-state index contributed by atoms with van der Waals surface area (Å²) < 4.78 is 28.0. The SMILES string of the molecule is C=CCCC(=O)C(=O)C(CCCC)CC(=O)[C@@H]1[C@@H]2[C@H](CN1C(=O)[C@@H](NC(=O)N[C@H](CN1Cc3sccc3S1(=O)=O)C(C)(C)C)C1CCCCC1)C2(C)C. The summed E-state index contributed by atoms with van der Waals surface area (Å²) in [5.74, 6) is -2.26. The number of rotatable bonds is 17. The Morgan fingerprint density at radius 1 is 1.09 bits per heavy atom. The summed E-state index contributed by atoms with van der Waals surface area (Å²) in [6.45, 7) is 16.4. The molecule has 2 aliphatic heterocycles. The molecule has 6 atom stereocenters. The number of carbonyl (C=O) groups is 5. The average Bonchev–Trinajstić information content (AvgIpc) is 3.56. The minimum absolute atomic E-state index is 0.0610. The Labute approximate surface area is 320 Å². The van der Waals surface area contributed by atoms with E-state index in [9.17, 15) is 32.4 Å². The average molecular weight is 773 g/mol. The van der Waals surface area contributed by atoms with Crippen LogP contribution in [0.25, 0.3) is 0 Å². The van der Waals surface area contributed by atoms with Gasteiger partial charge in [0.25, 0.3) is 0 Å². The van der Waals surface area contributed by atoms with Crippen LogP contribution in [0.2, 0.25) is 0 Å². The molecule has 1 aromatic rings. The molecule has 5 rings (SSSR count). The number of Topliss-reactive ketones (excluding diaryl/α,β-unsaturated/α-hetero) is 3. The first kappa shape index (κ1) is 41.3. The number of fused-ring (bicyclic) bond motifs is 2. The number of sulfonamides is 1. The van der Waals surface area contributed by atoms with Gasteiger partial charge in [-0.3, -0.25) is 19.2 Å². The summed E-state index contributed by atoms with van der Waals surface area (Å²) in [5.41, 5.74) is -0.657. The molecule has 3 heterocycles. The second-order valence-corrected chi connectivity index (χ2v) is 20.3. The Morgan fingerprint density at radius 3 is 2.42 bits per heavy atom. The summed E-state index contributed by atoms with van der Waals surface area (Å²) in [5, 5.41) is 7.84. The molecule has 11 nitrogen and oxygen atoms in total. The molecular weight excluding hydrogens is 713 g/mol. The Morgan fingerprint density at radius 2 is 1.79 bits per heavy atom. The molecule has 3 amide bonds. The lowest BCUT2D eigenvalue weighted by Gasteiger charge is -2.38. The highest BCUT2D eigenvalue weighted by Gasteiger charge is 2.69. The lowest BCUT2D eigenvalue weighted by atomic mass is 9.82. The summed E-state index contributed by atoms with van der Waals surface area (Å²) in [6, 6.07) is -1.09. The summed E-state index contributed by atoms with van der Waals surface area (Å²) >= 11 is 1.40. The molecule has 13 heteroatoms. The van der Waals surface area contributed by atoms with Crippen molar-refractivity contribution in [1.29, 1.82) is 0 Å². The van der Waals surface area contributed by atoms with Crippen LogP contribution in [0.5, 0.6) is 0 Å². The van der Waals surface area contributed by atoms with Gasteiger partial charge in [-0.1, -0.05) is 79.7 Å². The van der Waals surface area contributed by atoms with Gasteiger partial charge in [0.15, 0.2) is 11.6 Å². The fourth-order valence-electron chi connectivity index (χ4n) is 8.94. The molecule has 2 saturated carbocycles.